The molecule has 0 saturated carbocycles. The molecule has 3 unspecified atom stereocenters. The van der Waals surface area contributed by atoms with Crippen molar-refractivity contribution < 1.29 is 32.0 Å². The zero-order chi connectivity index (χ0) is 18.8. The minimum atomic E-state index is -4.55. The summed E-state index contributed by atoms with van der Waals surface area (Å²) in [6.45, 7) is 6.29. The summed E-state index contributed by atoms with van der Waals surface area (Å²) in [6, 6.07) is 0.680. The van der Waals surface area contributed by atoms with Crippen LogP contribution in [0.5, 0.6) is 0 Å². The molecule has 0 aliphatic carbocycles. The molecule has 0 radical (unpaired) electrons. The maximum absolute atomic E-state index is 11.9. The molecule has 5 nitrogen and oxygen atoms in total. The van der Waals surface area contributed by atoms with Crippen molar-refractivity contribution in [2.45, 2.75) is 63.3 Å². The Bertz CT molecular complexity index is 466. The summed E-state index contributed by atoms with van der Waals surface area (Å²) in [4.78, 5) is 6.16. The Balaban J connectivity index is 0.000000405. The summed E-state index contributed by atoms with van der Waals surface area (Å²) in [5.41, 5.74) is -1.14. The van der Waals surface area contributed by atoms with E-state index in [0.29, 0.717) is 12.5 Å². The van der Waals surface area contributed by atoms with E-state index in [1.165, 1.54) is 0 Å². The van der Waals surface area contributed by atoms with E-state index in [2.05, 4.69) is 9.97 Å². The third-order valence-electron chi connectivity index (χ3n) is 2.90. The van der Waals surface area contributed by atoms with Gasteiger partial charge >= 0.3 is 6.18 Å². The van der Waals surface area contributed by atoms with Crippen molar-refractivity contribution in [3.8, 4) is 0 Å². The molecule has 0 spiro atoms. The standard InChI is InChI=1S/C7H14O3.C5H2F4N2S.C2H6/c1-2-5-3-6(8)7(9)4-10-5;6-5(7,8)3-1-2-10-4(11-3)12-9;1-2/h5-9H,2-4H2,1H3;1-2H;1-2H3. The average Bonchev–Trinajstić information content (AvgIpc) is 2.59. The van der Waals surface area contributed by atoms with Crippen molar-refractivity contribution in [2.75, 3.05) is 6.61 Å². The lowest BCUT2D eigenvalue weighted by Gasteiger charge is -2.29. The molecule has 2 N–H and O–H groups in total. The normalized spacial score (nSPS) is 23.5. The number of aliphatic hydroxyl groups is 2. The van der Waals surface area contributed by atoms with Crippen LogP contribution >= 0.6 is 12.1 Å². The first kappa shape index (κ1) is 23.0. The highest BCUT2D eigenvalue weighted by molar-refractivity contribution is 7.94. The topological polar surface area (TPSA) is 75.5 Å². The second-order valence-corrected chi connectivity index (χ2v) is 5.05. The second-order valence-electron chi connectivity index (χ2n) is 4.53. The molecule has 1 aliphatic heterocycles. The number of halogens is 4. The van der Waals surface area contributed by atoms with E-state index >= 15 is 0 Å². The summed E-state index contributed by atoms with van der Waals surface area (Å²) in [6.07, 6.45) is -3.34. The van der Waals surface area contributed by atoms with E-state index in [9.17, 15) is 17.1 Å². The monoisotopic (exact) mass is 374 g/mol. The molecule has 10 heteroatoms. The van der Waals surface area contributed by atoms with Crippen LogP contribution in [0.4, 0.5) is 17.1 Å². The quantitative estimate of drug-likeness (QED) is 0.610. The van der Waals surface area contributed by atoms with Crippen LogP contribution in [0.15, 0.2) is 17.4 Å². The van der Waals surface area contributed by atoms with Crippen molar-refractivity contribution >= 4 is 12.1 Å². The van der Waals surface area contributed by atoms with Crippen LogP contribution in [-0.2, 0) is 10.9 Å². The largest absolute Gasteiger partial charge is 0.433 e. The van der Waals surface area contributed by atoms with Crippen LogP contribution in [0.1, 0.15) is 39.3 Å². The summed E-state index contributed by atoms with van der Waals surface area (Å²) < 4.78 is 52.6. The Hall–Kier alpha value is -0.970. The molecule has 3 atom stereocenters. The van der Waals surface area contributed by atoms with Crippen LogP contribution in [0.25, 0.3) is 0 Å². The molecule has 1 saturated heterocycles. The van der Waals surface area contributed by atoms with Crippen LogP contribution in [0.2, 0.25) is 0 Å². The SMILES string of the molecule is CC.CCC1CC(O)C(O)CO1.FSc1nccc(C(F)(F)F)n1. The Morgan fingerprint density at radius 1 is 1.29 bits per heavy atom. The van der Waals surface area contributed by atoms with Gasteiger partial charge in [-0.25, -0.2) is 9.97 Å². The van der Waals surface area contributed by atoms with Gasteiger partial charge in [-0.1, -0.05) is 20.8 Å². The number of hydrogen-bond acceptors (Lipinski definition) is 6. The van der Waals surface area contributed by atoms with Gasteiger partial charge in [0.2, 0.25) is 5.16 Å². The molecular formula is C14H22F4N2O3S. The highest BCUT2D eigenvalue weighted by atomic mass is 32.2. The van der Waals surface area contributed by atoms with Crippen molar-refractivity contribution in [1.82, 2.24) is 9.97 Å². The van der Waals surface area contributed by atoms with Crippen molar-refractivity contribution in [2.24, 2.45) is 0 Å². The number of aromatic nitrogens is 2. The molecule has 0 bridgehead atoms. The minimum absolute atomic E-state index is 0.137. The van der Waals surface area contributed by atoms with Gasteiger partial charge in [0.25, 0.3) is 0 Å². The van der Waals surface area contributed by atoms with E-state index < -0.39 is 41.4 Å². The second kappa shape index (κ2) is 11.6. The lowest BCUT2D eigenvalue weighted by atomic mass is 10.0. The van der Waals surface area contributed by atoms with Crippen LogP contribution in [0.3, 0.4) is 0 Å². The number of aliphatic hydroxyl groups excluding tert-OH is 2. The number of hydrogen-bond donors (Lipinski definition) is 2. The molecule has 24 heavy (non-hydrogen) atoms. The van der Waals surface area contributed by atoms with E-state index in [0.717, 1.165) is 12.6 Å². The van der Waals surface area contributed by atoms with Crippen LogP contribution in [-0.4, -0.2) is 45.1 Å². The number of alkyl halides is 3. The van der Waals surface area contributed by atoms with Gasteiger partial charge in [-0.3, -0.25) is 0 Å². The maximum atomic E-state index is 11.9. The summed E-state index contributed by atoms with van der Waals surface area (Å²) in [7, 11) is 0. The van der Waals surface area contributed by atoms with E-state index in [-0.39, 0.29) is 12.7 Å². The fourth-order valence-electron chi connectivity index (χ4n) is 1.66. The molecule has 0 amide bonds. The predicted octanol–water partition coefficient (Wildman–Crippen LogP) is 3.41. The number of ether oxygens (including phenoxy) is 1. The Morgan fingerprint density at radius 3 is 2.38 bits per heavy atom. The van der Waals surface area contributed by atoms with Gasteiger partial charge in [0.05, 0.1) is 18.8 Å². The van der Waals surface area contributed by atoms with Gasteiger partial charge in [-0.15, -0.1) is 0 Å². The highest BCUT2D eigenvalue weighted by Crippen LogP contribution is 2.28. The smallest absolute Gasteiger partial charge is 0.390 e. The van der Waals surface area contributed by atoms with Crippen molar-refractivity contribution in [3.63, 3.8) is 0 Å². The van der Waals surface area contributed by atoms with E-state index in [4.69, 9.17) is 14.9 Å². The molecule has 1 fully saturated rings. The fraction of sp³-hybridized carbons (Fsp3) is 0.714. The first-order valence-electron chi connectivity index (χ1n) is 7.44. The number of rotatable bonds is 2. The lowest BCUT2D eigenvalue weighted by molar-refractivity contribution is -0.141. The third kappa shape index (κ3) is 8.22. The third-order valence-corrected chi connectivity index (χ3v) is 3.23. The zero-order valence-electron chi connectivity index (χ0n) is 13.6. The van der Waals surface area contributed by atoms with Gasteiger partial charge in [-0.2, -0.15) is 17.1 Å². The van der Waals surface area contributed by atoms with Gasteiger partial charge in [0.1, 0.15) is 23.9 Å². The minimum Gasteiger partial charge on any atom is -0.390 e. The molecule has 1 aromatic rings. The van der Waals surface area contributed by atoms with E-state index in [1.807, 2.05) is 20.8 Å². The maximum Gasteiger partial charge on any atom is 0.433 e. The van der Waals surface area contributed by atoms with Crippen molar-refractivity contribution in [3.05, 3.63) is 18.0 Å². The zero-order valence-corrected chi connectivity index (χ0v) is 14.4. The average molecular weight is 374 g/mol. The van der Waals surface area contributed by atoms with Gasteiger partial charge in [-0.05, 0) is 12.5 Å². The van der Waals surface area contributed by atoms with Gasteiger partial charge < -0.3 is 14.9 Å². The summed E-state index contributed by atoms with van der Waals surface area (Å²) >= 11 is -0.423. The molecule has 1 aliphatic rings. The first-order valence-corrected chi connectivity index (χ1v) is 8.16. The Labute approximate surface area is 142 Å². The highest BCUT2D eigenvalue weighted by Gasteiger charge is 2.32. The Morgan fingerprint density at radius 2 is 1.92 bits per heavy atom. The molecule has 0 aromatic carbocycles. The molecular weight excluding hydrogens is 352 g/mol. The van der Waals surface area contributed by atoms with Gasteiger partial charge in [0, 0.05) is 12.6 Å². The summed E-state index contributed by atoms with van der Waals surface area (Å²) in [5.74, 6) is 0. The first-order chi connectivity index (χ1) is 11.3. The molecule has 2 rings (SSSR count). The van der Waals surface area contributed by atoms with Crippen molar-refractivity contribution in [1.29, 1.82) is 0 Å². The van der Waals surface area contributed by atoms with E-state index in [1.54, 1.807) is 0 Å². The van der Waals surface area contributed by atoms with Crippen LogP contribution < -0.4 is 0 Å². The number of nitrogens with zero attached hydrogens (tertiary/aromatic N) is 2. The molecule has 1 aromatic heterocycles. The van der Waals surface area contributed by atoms with Gasteiger partial charge in [0.15, 0.2) is 0 Å². The lowest BCUT2D eigenvalue weighted by Crippen LogP contribution is -2.40. The predicted molar refractivity (Wildman–Crippen MR) is 82.0 cm³/mol. The molecule has 2 heterocycles. The summed E-state index contributed by atoms with van der Waals surface area (Å²) in [5, 5.41) is 17.6. The molecule has 140 valence electrons. The fourth-order valence-corrected chi connectivity index (χ4v) is 1.89. The Kier molecular flexibility index (Phi) is 11.1. The van der Waals surface area contributed by atoms with Crippen LogP contribution in [0, 0.1) is 0 Å².